The van der Waals surface area contributed by atoms with Crippen molar-refractivity contribution in [2.24, 2.45) is 5.92 Å². The Labute approximate surface area is 112 Å². The summed E-state index contributed by atoms with van der Waals surface area (Å²) in [6.45, 7) is 8.31. The van der Waals surface area contributed by atoms with E-state index in [0.29, 0.717) is 10.6 Å². The standard InChI is InChI=1S/C13H20N2O2S/c1-8(2)12(16)13-10(14)6-11(18-13)15-4-5-17-9(3)7-15/h6,8-9H,4-5,7,14H2,1-3H3. The third kappa shape index (κ3) is 2.67. The molecule has 1 saturated heterocycles. The summed E-state index contributed by atoms with van der Waals surface area (Å²) >= 11 is 1.50. The normalized spacial score (nSPS) is 20.4. The third-order valence-electron chi connectivity index (χ3n) is 3.05. The highest BCUT2D eigenvalue weighted by molar-refractivity contribution is 7.18. The predicted molar refractivity (Wildman–Crippen MR) is 75.5 cm³/mol. The van der Waals surface area contributed by atoms with Crippen LogP contribution in [-0.2, 0) is 4.74 Å². The molecule has 100 valence electrons. The Hall–Kier alpha value is -1.07. The van der Waals surface area contributed by atoms with E-state index < -0.39 is 0 Å². The molecule has 5 heteroatoms. The van der Waals surface area contributed by atoms with Gasteiger partial charge in [0.2, 0.25) is 0 Å². The highest BCUT2D eigenvalue weighted by atomic mass is 32.1. The number of anilines is 2. The molecule has 1 atom stereocenters. The summed E-state index contributed by atoms with van der Waals surface area (Å²) in [4.78, 5) is 14.9. The average molecular weight is 268 g/mol. The van der Waals surface area contributed by atoms with E-state index in [0.717, 1.165) is 24.7 Å². The largest absolute Gasteiger partial charge is 0.397 e. The fraction of sp³-hybridized carbons (Fsp3) is 0.615. The number of ketones is 1. The van der Waals surface area contributed by atoms with Gasteiger partial charge < -0.3 is 15.4 Å². The third-order valence-corrected chi connectivity index (χ3v) is 4.27. The van der Waals surface area contributed by atoms with Crippen molar-refractivity contribution < 1.29 is 9.53 Å². The number of hydrogen-bond donors (Lipinski definition) is 1. The zero-order valence-corrected chi connectivity index (χ0v) is 11.9. The number of carbonyl (C=O) groups is 1. The first kappa shape index (κ1) is 13.4. The summed E-state index contributed by atoms with van der Waals surface area (Å²) < 4.78 is 5.52. The number of carbonyl (C=O) groups excluding carboxylic acids is 1. The lowest BCUT2D eigenvalue weighted by molar-refractivity contribution is 0.0534. The van der Waals surface area contributed by atoms with Crippen LogP contribution in [0.4, 0.5) is 10.7 Å². The Balaban J connectivity index is 2.20. The molecule has 0 saturated carbocycles. The molecule has 0 aromatic carbocycles. The van der Waals surface area contributed by atoms with Crippen LogP contribution >= 0.6 is 11.3 Å². The second-order valence-electron chi connectivity index (χ2n) is 5.02. The number of nitrogens with zero attached hydrogens (tertiary/aromatic N) is 1. The molecular formula is C13H20N2O2S. The maximum absolute atomic E-state index is 12.0. The van der Waals surface area contributed by atoms with Gasteiger partial charge in [0.25, 0.3) is 0 Å². The van der Waals surface area contributed by atoms with E-state index in [9.17, 15) is 4.79 Å². The van der Waals surface area contributed by atoms with Gasteiger partial charge >= 0.3 is 0 Å². The van der Waals surface area contributed by atoms with Crippen LogP contribution in [0.25, 0.3) is 0 Å². The van der Waals surface area contributed by atoms with Gasteiger partial charge in [-0.3, -0.25) is 4.79 Å². The Morgan fingerprint density at radius 2 is 2.33 bits per heavy atom. The van der Waals surface area contributed by atoms with Crippen molar-refractivity contribution >= 4 is 27.8 Å². The zero-order chi connectivity index (χ0) is 13.3. The van der Waals surface area contributed by atoms with Crippen LogP contribution in [0.2, 0.25) is 0 Å². The quantitative estimate of drug-likeness (QED) is 0.855. The molecule has 2 N–H and O–H groups in total. The molecule has 0 aliphatic carbocycles. The summed E-state index contributed by atoms with van der Waals surface area (Å²) in [5, 5.41) is 1.08. The lowest BCUT2D eigenvalue weighted by atomic mass is 10.1. The van der Waals surface area contributed by atoms with E-state index in [2.05, 4.69) is 11.8 Å². The number of nitrogens with two attached hydrogens (primary N) is 1. The van der Waals surface area contributed by atoms with E-state index in [1.54, 1.807) is 0 Å². The van der Waals surface area contributed by atoms with Crippen molar-refractivity contribution in [2.75, 3.05) is 30.3 Å². The van der Waals surface area contributed by atoms with E-state index in [1.165, 1.54) is 11.3 Å². The van der Waals surface area contributed by atoms with Gasteiger partial charge in [0.15, 0.2) is 5.78 Å². The maximum Gasteiger partial charge on any atom is 0.177 e. The van der Waals surface area contributed by atoms with Crippen LogP contribution in [0.5, 0.6) is 0 Å². The summed E-state index contributed by atoms with van der Waals surface area (Å²) in [5.41, 5.74) is 6.56. The van der Waals surface area contributed by atoms with Gasteiger partial charge in [0, 0.05) is 19.0 Å². The van der Waals surface area contributed by atoms with Crippen LogP contribution in [0.15, 0.2) is 6.07 Å². The highest BCUT2D eigenvalue weighted by Crippen LogP contribution is 2.34. The van der Waals surface area contributed by atoms with Crippen molar-refractivity contribution in [3.05, 3.63) is 10.9 Å². The van der Waals surface area contributed by atoms with Crippen molar-refractivity contribution in [3.63, 3.8) is 0 Å². The predicted octanol–water partition coefficient (Wildman–Crippen LogP) is 2.39. The number of hydrogen-bond acceptors (Lipinski definition) is 5. The molecule has 1 unspecified atom stereocenters. The molecule has 1 fully saturated rings. The molecule has 2 rings (SSSR count). The van der Waals surface area contributed by atoms with Gasteiger partial charge in [-0.05, 0) is 13.0 Å². The smallest absolute Gasteiger partial charge is 0.177 e. The first-order chi connectivity index (χ1) is 8.49. The monoisotopic (exact) mass is 268 g/mol. The van der Waals surface area contributed by atoms with Gasteiger partial charge in [-0.2, -0.15) is 0 Å². The lowest BCUT2D eigenvalue weighted by Crippen LogP contribution is -2.40. The number of nitrogen functional groups attached to an aromatic ring is 1. The van der Waals surface area contributed by atoms with Crippen LogP contribution in [0.1, 0.15) is 30.4 Å². The van der Waals surface area contributed by atoms with E-state index in [-0.39, 0.29) is 17.8 Å². The van der Waals surface area contributed by atoms with E-state index >= 15 is 0 Å². The van der Waals surface area contributed by atoms with Crippen LogP contribution in [0, 0.1) is 5.92 Å². The highest BCUT2D eigenvalue weighted by Gasteiger charge is 2.22. The van der Waals surface area contributed by atoms with Crippen molar-refractivity contribution in [2.45, 2.75) is 26.9 Å². The summed E-state index contributed by atoms with van der Waals surface area (Å²) in [6, 6.07) is 1.92. The lowest BCUT2D eigenvalue weighted by Gasteiger charge is -2.31. The molecular weight excluding hydrogens is 248 g/mol. The van der Waals surface area contributed by atoms with Crippen molar-refractivity contribution in [3.8, 4) is 0 Å². The van der Waals surface area contributed by atoms with Gasteiger partial charge in [-0.1, -0.05) is 13.8 Å². The molecule has 1 aliphatic rings. The number of morpholine rings is 1. The molecule has 1 aromatic rings. The fourth-order valence-electron chi connectivity index (χ4n) is 2.02. The Morgan fingerprint density at radius 3 is 2.94 bits per heavy atom. The molecule has 1 aromatic heterocycles. The summed E-state index contributed by atoms with van der Waals surface area (Å²) in [7, 11) is 0. The number of ether oxygens (including phenoxy) is 1. The second-order valence-corrected chi connectivity index (χ2v) is 6.05. The van der Waals surface area contributed by atoms with Gasteiger partial charge in [0.1, 0.15) is 0 Å². The second kappa shape index (κ2) is 5.28. The van der Waals surface area contributed by atoms with Crippen LogP contribution < -0.4 is 10.6 Å². The van der Waals surface area contributed by atoms with Gasteiger partial charge in [-0.15, -0.1) is 11.3 Å². The molecule has 1 aliphatic heterocycles. The molecule has 0 bridgehead atoms. The molecule has 18 heavy (non-hydrogen) atoms. The van der Waals surface area contributed by atoms with E-state index in [1.807, 2.05) is 19.9 Å². The number of Topliss-reactive ketones (excluding diaryl/α,β-unsaturated/α-hetero) is 1. The average Bonchev–Trinajstić information content (AvgIpc) is 2.70. The first-order valence-corrected chi connectivity index (χ1v) is 7.10. The Kier molecular flexibility index (Phi) is 3.92. The molecule has 4 nitrogen and oxygen atoms in total. The van der Waals surface area contributed by atoms with Gasteiger partial charge in [0.05, 0.1) is 28.3 Å². The minimum absolute atomic E-state index is 0.0117. The van der Waals surface area contributed by atoms with Crippen molar-refractivity contribution in [1.82, 2.24) is 0 Å². The molecule has 2 heterocycles. The van der Waals surface area contributed by atoms with Crippen LogP contribution in [-0.4, -0.2) is 31.6 Å². The molecule has 0 spiro atoms. The molecule has 0 amide bonds. The minimum atomic E-state index is -0.0117. The summed E-state index contributed by atoms with van der Waals surface area (Å²) in [6.07, 6.45) is 0.228. The van der Waals surface area contributed by atoms with Gasteiger partial charge in [-0.25, -0.2) is 0 Å². The molecule has 0 radical (unpaired) electrons. The van der Waals surface area contributed by atoms with Crippen molar-refractivity contribution in [1.29, 1.82) is 0 Å². The SMILES string of the molecule is CC1CN(c2cc(N)c(C(=O)C(C)C)s2)CCO1. The Morgan fingerprint density at radius 1 is 1.61 bits per heavy atom. The number of rotatable bonds is 3. The first-order valence-electron chi connectivity index (χ1n) is 6.29. The minimum Gasteiger partial charge on any atom is -0.397 e. The van der Waals surface area contributed by atoms with Crippen LogP contribution in [0.3, 0.4) is 0 Å². The topological polar surface area (TPSA) is 55.6 Å². The maximum atomic E-state index is 12.0. The number of thiophene rings is 1. The summed E-state index contributed by atoms with van der Waals surface area (Å²) in [5.74, 6) is 0.118. The fourth-order valence-corrected chi connectivity index (χ4v) is 3.22. The van der Waals surface area contributed by atoms with E-state index in [4.69, 9.17) is 10.5 Å². The zero-order valence-electron chi connectivity index (χ0n) is 11.1. The Bertz CT molecular complexity index is 442.